The number of hydrogen-bond donors (Lipinski definition) is 0. The molecule has 0 atom stereocenters. The van der Waals surface area contributed by atoms with E-state index >= 15 is 0 Å². The van der Waals surface area contributed by atoms with E-state index in [0.29, 0.717) is 23.4 Å². The molecule has 0 bridgehead atoms. The van der Waals surface area contributed by atoms with Crippen LogP contribution in [0.4, 0.5) is 5.69 Å². The highest BCUT2D eigenvalue weighted by Gasteiger charge is 2.17. The molecule has 0 unspecified atom stereocenters. The van der Waals surface area contributed by atoms with Gasteiger partial charge in [-0.3, -0.25) is 14.9 Å². The summed E-state index contributed by atoms with van der Waals surface area (Å²) in [4.78, 5) is 26.5. The number of hydrogen-bond acceptors (Lipinski definition) is 4. The van der Waals surface area contributed by atoms with Crippen molar-refractivity contribution in [3.63, 3.8) is 0 Å². The van der Waals surface area contributed by atoms with E-state index in [0.717, 1.165) is 5.56 Å². The average molecular weight is 295 g/mol. The second-order valence-electron chi connectivity index (χ2n) is 4.99. The Kier molecular flexibility index (Phi) is 3.42. The molecule has 1 aromatic heterocycles. The molecule has 3 aromatic rings. The molecule has 0 aliphatic heterocycles. The molecule has 0 saturated carbocycles. The van der Waals surface area contributed by atoms with Crippen LogP contribution < -0.4 is 0 Å². The first-order valence-corrected chi connectivity index (χ1v) is 6.76. The summed E-state index contributed by atoms with van der Waals surface area (Å²) in [6, 6.07) is 14.1. The standard InChI is InChI=1S/C16H13N3O3/c1-11(20)16-17-14-9-13(19(21)22)7-8-15(14)18(16)10-12-5-3-2-4-6-12/h2-9H,10H2,1H3. The largest absolute Gasteiger partial charge is 0.317 e. The predicted octanol–water partition coefficient (Wildman–Crippen LogP) is 3.20. The lowest BCUT2D eigenvalue weighted by molar-refractivity contribution is -0.384. The molecule has 1 heterocycles. The smallest absolute Gasteiger partial charge is 0.271 e. The molecule has 110 valence electrons. The molecule has 0 amide bonds. The van der Waals surface area contributed by atoms with Gasteiger partial charge in [-0.05, 0) is 11.6 Å². The van der Waals surface area contributed by atoms with E-state index in [-0.39, 0.29) is 11.5 Å². The van der Waals surface area contributed by atoms with Gasteiger partial charge in [-0.25, -0.2) is 4.98 Å². The molecule has 22 heavy (non-hydrogen) atoms. The maximum atomic E-state index is 11.8. The van der Waals surface area contributed by atoms with Crippen LogP contribution in [-0.2, 0) is 6.54 Å². The van der Waals surface area contributed by atoms with Gasteiger partial charge < -0.3 is 4.57 Å². The van der Waals surface area contributed by atoms with Crippen molar-refractivity contribution in [1.29, 1.82) is 0 Å². The highest BCUT2D eigenvalue weighted by Crippen LogP contribution is 2.23. The van der Waals surface area contributed by atoms with E-state index in [4.69, 9.17) is 0 Å². The Hall–Kier alpha value is -3.02. The third kappa shape index (κ3) is 2.46. The minimum absolute atomic E-state index is 0.0352. The normalized spacial score (nSPS) is 10.8. The third-order valence-corrected chi connectivity index (χ3v) is 3.44. The Morgan fingerprint density at radius 3 is 2.59 bits per heavy atom. The van der Waals surface area contributed by atoms with Crippen LogP contribution in [0.25, 0.3) is 11.0 Å². The van der Waals surface area contributed by atoms with Crippen LogP contribution in [0.5, 0.6) is 0 Å². The summed E-state index contributed by atoms with van der Waals surface area (Å²) in [6.07, 6.45) is 0. The Balaban J connectivity index is 2.16. The zero-order chi connectivity index (χ0) is 15.7. The molecule has 6 heteroatoms. The fourth-order valence-corrected chi connectivity index (χ4v) is 2.43. The van der Waals surface area contributed by atoms with E-state index in [9.17, 15) is 14.9 Å². The van der Waals surface area contributed by atoms with E-state index in [1.165, 1.54) is 19.1 Å². The zero-order valence-corrected chi connectivity index (χ0v) is 11.9. The molecule has 0 N–H and O–H groups in total. The number of nitrogens with zero attached hydrogens (tertiary/aromatic N) is 3. The Morgan fingerprint density at radius 2 is 1.95 bits per heavy atom. The summed E-state index contributed by atoms with van der Waals surface area (Å²) in [5.74, 6) is 0.133. The van der Waals surface area contributed by atoms with Gasteiger partial charge in [0.05, 0.1) is 16.0 Å². The SMILES string of the molecule is CC(=O)c1nc2cc([N+](=O)[O-])ccc2n1Cc1ccccc1. The van der Waals surface area contributed by atoms with Crippen LogP contribution in [0.1, 0.15) is 23.1 Å². The fraction of sp³-hybridized carbons (Fsp3) is 0.125. The van der Waals surface area contributed by atoms with Crippen LogP contribution in [-0.4, -0.2) is 20.3 Å². The van der Waals surface area contributed by atoms with Crippen LogP contribution in [0.2, 0.25) is 0 Å². The summed E-state index contributed by atoms with van der Waals surface area (Å²) in [6.45, 7) is 1.93. The van der Waals surface area contributed by atoms with Crippen molar-refractivity contribution in [3.05, 3.63) is 70.0 Å². The minimum atomic E-state index is -0.469. The molecule has 0 spiro atoms. The van der Waals surface area contributed by atoms with Gasteiger partial charge in [0, 0.05) is 25.6 Å². The summed E-state index contributed by atoms with van der Waals surface area (Å²) < 4.78 is 1.79. The van der Waals surface area contributed by atoms with Crippen LogP contribution in [0, 0.1) is 10.1 Å². The number of benzene rings is 2. The molecule has 0 aliphatic rings. The van der Waals surface area contributed by atoms with Crippen molar-refractivity contribution in [3.8, 4) is 0 Å². The monoisotopic (exact) mass is 295 g/mol. The van der Waals surface area contributed by atoms with Crippen molar-refractivity contribution in [2.75, 3.05) is 0 Å². The number of nitro benzene ring substituents is 1. The first-order chi connectivity index (χ1) is 10.6. The molecular weight excluding hydrogens is 282 g/mol. The van der Waals surface area contributed by atoms with Crippen molar-refractivity contribution in [2.45, 2.75) is 13.5 Å². The highest BCUT2D eigenvalue weighted by molar-refractivity contribution is 5.95. The van der Waals surface area contributed by atoms with E-state index in [1.54, 1.807) is 10.6 Å². The van der Waals surface area contributed by atoms with Gasteiger partial charge in [0.15, 0.2) is 11.6 Å². The Labute approximate surface area is 126 Å². The van der Waals surface area contributed by atoms with Crippen molar-refractivity contribution in [2.24, 2.45) is 0 Å². The zero-order valence-electron chi connectivity index (χ0n) is 11.9. The second kappa shape index (κ2) is 5.40. The summed E-state index contributed by atoms with van der Waals surface area (Å²) in [7, 11) is 0. The molecular formula is C16H13N3O3. The summed E-state index contributed by atoms with van der Waals surface area (Å²) in [5.41, 5.74) is 2.16. The molecule has 6 nitrogen and oxygen atoms in total. The van der Waals surface area contributed by atoms with E-state index < -0.39 is 4.92 Å². The number of imidazole rings is 1. The lowest BCUT2D eigenvalue weighted by Gasteiger charge is -2.07. The quantitative estimate of drug-likeness (QED) is 0.420. The van der Waals surface area contributed by atoms with Crippen molar-refractivity contribution in [1.82, 2.24) is 9.55 Å². The van der Waals surface area contributed by atoms with E-state index in [2.05, 4.69) is 4.98 Å². The number of nitro groups is 1. The van der Waals surface area contributed by atoms with Crippen LogP contribution in [0.3, 0.4) is 0 Å². The molecule has 0 aliphatic carbocycles. The van der Waals surface area contributed by atoms with Crippen LogP contribution >= 0.6 is 0 Å². The molecule has 2 aromatic carbocycles. The summed E-state index contributed by atoms with van der Waals surface area (Å²) in [5, 5.41) is 10.9. The topological polar surface area (TPSA) is 78.0 Å². The number of carbonyl (C=O) groups is 1. The van der Waals surface area contributed by atoms with Crippen molar-refractivity contribution < 1.29 is 9.72 Å². The second-order valence-corrected chi connectivity index (χ2v) is 4.99. The lowest BCUT2D eigenvalue weighted by atomic mass is 10.2. The van der Waals surface area contributed by atoms with Gasteiger partial charge in [-0.1, -0.05) is 30.3 Å². The predicted molar refractivity (Wildman–Crippen MR) is 81.9 cm³/mol. The minimum Gasteiger partial charge on any atom is -0.317 e. The Bertz CT molecular complexity index is 869. The number of aromatic nitrogens is 2. The maximum Gasteiger partial charge on any atom is 0.271 e. The molecule has 0 saturated heterocycles. The number of fused-ring (bicyclic) bond motifs is 1. The van der Waals surface area contributed by atoms with Gasteiger partial charge in [-0.2, -0.15) is 0 Å². The number of ketones is 1. The van der Waals surface area contributed by atoms with Crippen molar-refractivity contribution >= 4 is 22.5 Å². The lowest BCUT2D eigenvalue weighted by Crippen LogP contribution is -2.08. The molecule has 0 radical (unpaired) electrons. The fourth-order valence-electron chi connectivity index (χ4n) is 2.43. The van der Waals surface area contributed by atoms with Gasteiger partial charge in [0.25, 0.3) is 5.69 Å². The van der Waals surface area contributed by atoms with Gasteiger partial charge in [0.1, 0.15) is 0 Å². The number of carbonyl (C=O) groups excluding carboxylic acids is 1. The molecule has 0 fully saturated rings. The van der Waals surface area contributed by atoms with Gasteiger partial charge in [-0.15, -0.1) is 0 Å². The maximum absolute atomic E-state index is 11.8. The van der Waals surface area contributed by atoms with Gasteiger partial charge >= 0.3 is 0 Å². The van der Waals surface area contributed by atoms with Crippen LogP contribution in [0.15, 0.2) is 48.5 Å². The Morgan fingerprint density at radius 1 is 1.23 bits per heavy atom. The summed E-state index contributed by atoms with van der Waals surface area (Å²) >= 11 is 0. The molecule has 3 rings (SSSR count). The first-order valence-electron chi connectivity index (χ1n) is 6.76. The number of Topliss-reactive ketones (excluding diaryl/α,β-unsaturated/α-hetero) is 1. The first kappa shape index (κ1) is 13.9. The van der Waals surface area contributed by atoms with Gasteiger partial charge in [0.2, 0.25) is 0 Å². The van der Waals surface area contributed by atoms with E-state index in [1.807, 2.05) is 30.3 Å². The third-order valence-electron chi connectivity index (χ3n) is 3.44. The average Bonchev–Trinajstić information content (AvgIpc) is 2.86. The highest BCUT2D eigenvalue weighted by atomic mass is 16.6. The number of non-ortho nitro benzene ring substituents is 1. The number of rotatable bonds is 4.